The van der Waals surface area contributed by atoms with Crippen molar-refractivity contribution in [2.75, 3.05) is 13.7 Å². The number of benzene rings is 3. The van der Waals surface area contributed by atoms with Gasteiger partial charge in [0.25, 0.3) is 5.91 Å². The largest absolute Gasteiger partial charge is 0.493 e. The summed E-state index contributed by atoms with van der Waals surface area (Å²) in [7, 11) is 1.52. The van der Waals surface area contributed by atoms with Gasteiger partial charge in [-0.3, -0.25) is 9.69 Å². The Hall–Kier alpha value is -4.11. The Bertz CT molecular complexity index is 1350. The molecule has 1 fully saturated rings. The zero-order chi connectivity index (χ0) is 25.7. The second-order valence-electron chi connectivity index (χ2n) is 7.74. The van der Waals surface area contributed by atoms with E-state index in [0.29, 0.717) is 39.4 Å². The fraction of sp³-hybridized carbons (Fsp3) is 0.148. The Morgan fingerprint density at radius 2 is 1.89 bits per heavy atom. The summed E-state index contributed by atoms with van der Waals surface area (Å²) in [4.78, 5) is 30.6. The molecule has 1 N–H and O–H groups in total. The van der Waals surface area contributed by atoms with Crippen LogP contribution in [-0.2, 0) is 11.4 Å². The standard InChI is InChI=1S/C27H23FN2O5S/c1-3-30-25(31)24(36-27(30)29-21-10-8-19(9-11-21)26(32)33)15-17-7-12-22(23(14-17)34-2)35-16-18-5-4-6-20(28)13-18/h4-15H,3,16H2,1-2H3,(H,32,33). The highest BCUT2D eigenvalue weighted by Crippen LogP contribution is 2.36. The maximum atomic E-state index is 13.4. The van der Waals surface area contributed by atoms with Crippen molar-refractivity contribution < 1.29 is 28.6 Å². The van der Waals surface area contributed by atoms with Crippen molar-refractivity contribution in [3.63, 3.8) is 0 Å². The van der Waals surface area contributed by atoms with E-state index < -0.39 is 5.97 Å². The molecule has 9 heteroatoms. The third kappa shape index (κ3) is 5.75. The maximum absolute atomic E-state index is 13.4. The molecule has 184 valence electrons. The first-order valence-electron chi connectivity index (χ1n) is 11.1. The molecule has 0 spiro atoms. The highest BCUT2D eigenvalue weighted by atomic mass is 32.2. The topological polar surface area (TPSA) is 88.4 Å². The van der Waals surface area contributed by atoms with Gasteiger partial charge in [0, 0.05) is 6.54 Å². The van der Waals surface area contributed by atoms with Crippen LogP contribution in [0.2, 0.25) is 0 Å². The number of amides is 1. The van der Waals surface area contributed by atoms with Crippen molar-refractivity contribution in [1.29, 1.82) is 0 Å². The first-order valence-corrected chi connectivity index (χ1v) is 11.9. The average molecular weight is 507 g/mol. The molecule has 0 saturated carbocycles. The molecule has 0 bridgehead atoms. The van der Waals surface area contributed by atoms with Crippen LogP contribution in [0.25, 0.3) is 6.08 Å². The second-order valence-corrected chi connectivity index (χ2v) is 8.74. The van der Waals surface area contributed by atoms with E-state index in [9.17, 15) is 14.0 Å². The summed E-state index contributed by atoms with van der Waals surface area (Å²) >= 11 is 1.24. The highest BCUT2D eigenvalue weighted by Gasteiger charge is 2.32. The smallest absolute Gasteiger partial charge is 0.335 e. The van der Waals surface area contributed by atoms with Gasteiger partial charge in [0.15, 0.2) is 16.7 Å². The van der Waals surface area contributed by atoms with Crippen LogP contribution in [0.1, 0.15) is 28.4 Å². The van der Waals surface area contributed by atoms with E-state index in [2.05, 4.69) is 4.99 Å². The van der Waals surface area contributed by atoms with Gasteiger partial charge < -0.3 is 14.6 Å². The van der Waals surface area contributed by atoms with Crippen LogP contribution in [0.4, 0.5) is 10.1 Å². The van der Waals surface area contributed by atoms with Gasteiger partial charge in [0.05, 0.1) is 23.3 Å². The fourth-order valence-electron chi connectivity index (χ4n) is 3.49. The molecule has 7 nitrogen and oxygen atoms in total. The van der Waals surface area contributed by atoms with E-state index in [4.69, 9.17) is 14.6 Å². The van der Waals surface area contributed by atoms with Crippen molar-refractivity contribution in [3.8, 4) is 11.5 Å². The van der Waals surface area contributed by atoms with Crippen LogP contribution in [0.3, 0.4) is 0 Å². The van der Waals surface area contributed by atoms with E-state index >= 15 is 0 Å². The SMILES string of the molecule is CCN1C(=O)C(=Cc2ccc(OCc3cccc(F)c3)c(OC)c2)SC1=Nc1ccc(C(=O)O)cc1. The van der Waals surface area contributed by atoms with Gasteiger partial charge >= 0.3 is 5.97 Å². The summed E-state index contributed by atoms with van der Waals surface area (Å²) in [6.45, 7) is 2.48. The zero-order valence-corrected chi connectivity index (χ0v) is 20.4. The van der Waals surface area contributed by atoms with Crippen LogP contribution in [0.15, 0.2) is 76.6 Å². The number of rotatable bonds is 8. The van der Waals surface area contributed by atoms with Crippen molar-refractivity contribution in [1.82, 2.24) is 4.90 Å². The van der Waals surface area contributed by atoms with Crippen molar-refractivity contribution in [2.45, 2.75) is 13.5 Å². The van der Waals surface area contributed by atoms with E-state index in [1.807, 2.05) is 6.92 Å². The number of carboxylic acids is 1. The number of amidine groups is 1. The zero-order valence-electron chi connectivity index (χ0n) is 19.6. The molecule has 0 aliphatic carbocycles. The molecular formula is C27H23FN2O5S. The lowest BCUT2D eigenvalue weighted by Gasteiger charge is -2.12. The van der Waals surface area contributed by atoms with Crippen LogP contribution >= 0.6 is 11.8 Å². The first-order chi connectivity index (χ1) is 17.4. The molecule has 36 heavy (non-hydrogen) atoms. The fourth-order valence-corrected chi connectivity index (χ4v) is 4.55. The minimum atomic E-state index is -1.01. The average Bonchev–Trinajstić information content (AvgIpc) is 3.16. The molecule has 0 atom stereocenters. The lowest BCUT2D eigenvalue weighted by molar-refractivity contribution is -0.122. The number of ether oxygens (including phenoxy) is 2. The van der Waals surface area contributed by atoms with Gasteiger partial charge in [-0.25, -0.2) is 14.2 Å². The van der Waals surface area contributed by atoms with Gasteiger partial charge in [-0.15, -0.1) is 0 Å². The predicted octanol–water partition coefficient (Wildman–Crippen LogP) is 5.74. The summed E-state index contributed by atoms with van der Waals surface area (Å²) in [6.07, 6.45) is 1.75. The molecule has 0 radical (unpaired) electrons. The van der Waals surface area contributed by atoms with Crippen LogP contribution in [-0.4, -0.2) is 40.7 Å². The summed E-state index contributed by atoms with van der Waals surface area (Å²) < 4.78 is 24.7. The number of methoxy groups -OCH3 is 1. The van der Waals surface area contributed by atoms with Gasteiger partial charge in [-0.05, 0) is 84.4 Å². The Morgan fingerprint density at radius 1 is 1.11 bits per heavy atom. The molecule has 1 heterocycles. The van der Waals surface area contributed by atoms with Crippen LogP contribution < -0.4 is 9.47 Å². The summed E-state index contributed by atoms with van der Waals surface area (Å²) in [5, 5.41) is 9.58. The number of carboxylic acid groups (broad SMARTS) is 1. The lowest BCUT2D eigenvalue weighted by atomic mass is 10.1. The lowest BCUT2D eigenvalue weighted by Crippen LogP contribution is -2.28. The predicted molar refractivity (Wildman–Crippen MR) is 137 cm³/mol. The molecule has 1 amide bonds. The molecule has 1 aliphatic rings. The van der Waals surface area contributed by atoms with Crippen molar-refractivity contribution in [2.24, 2.45) is 4.99 Å². The molecule has 0 aromatic heterocycles. The van der Waals surface area contributed by atoms with Crippen molar-refractivity contribution in [3.05, 3.63) is 94.1 Å². The summed E-state index contributed by atoms with van der Waals surface area (Å²) in [5.41, 5.74) is 2.15. The highest BCUT2D eigenvalue weighted by molar-refractivity contribution is 8.18. The normalized spacial score (nSPS) is 15.5. The maximum Gasteiger partial charge on any atom is 0.335 e. The second kappa shape index (κ2) is 11.1. The number of halogens is 1. The molecule has 4 rings (SSSR count). The van der Waals surface area contributed by atoms with E-state index in [1.165, 1.54) is 43.1 Å². The quantitative estimate of drug-likeness (QED) is 0.392. The Labute approximate surface area is 211 Å². The van der Waals surface area contributed by atoms with Gasteiger partial charge in [0.1, 0.15) is 12.4 Å². The number of hydrogen-bond acceptors (Lipinski definition) is 6. The number of aliphatic imine (C=N–C) groups is 1. The Balaban J connectivity index is 1.53. The number of hydrogen-bond donors (Lipinski definition) is 1. The Morgan fingerprint density at radius 3 is 2.56 bits per heavy atom. The molecule has 3 aromatic rings. The van der Waals surface area contributed by atoms with Crippen molar-refractivity contribution >= 4 is 40.6 Å². The molecule has 0 unspecified atom stereocenters. The monoisotopic (exact) mass is 506 g/mol. The summed E-state index contributed by atoms with van der Waals surface area (Å²) in [5.74, 6) is -0.535. The number of carbonyl (C=O) groups is 2. The van der Waals surface area contributed by atoms with E-state index in [0.717, 1.165) is 5.56 Å². The minimum Gasteiger partial charge on any atom is -0.493 e. The molecular weight excluding hydrogens is 483 g/mol. The van der Waals surface area contributed by atoms with Crippen LogP contribution in [0.5, 0.6) is 11.5 Å². The minimum absolute atomic E-state index is 0.166. The summed E-state index contributed by atoms with van der Waals surface area (Å²) in [6, 6.07) is 17.6. The first kappa shape index (κ1) is 25.0. The van der Waals surface area contributed by atoms with Gasteiger partial charge in [-0.1, -0.05) is 18.2 Å². The molecule has 1 aliphatic heterocycles. The van der Waals surface area contributed by atoms with E-state index in [1.54, 1.807) is 53.4 Å². The number of likely N-dealkylation sites (N-methyl/N-ethyl adjacent to an activating group) is 1. The third-order valence-corrected chi connectivity index (χ3v) is 6.32. The number of carbonyl (C=O) groups excluding carboxylic acids is 1. The van der Waals surface area contributed by atoms with Gasteiger partial charge in [-0.2, -0.15) is 0 Å². The number of thioether (sulfide) groups is 1. The third-order valence-electron chi connectivity index (χ3n) is 5.31. The van der Waals surface area contributed by atoms with Crippen LogP contribution in [0, 0.1) is 5.82 Å². The molecule has 1 saturated heterocycles. The van der Waals surface area contributed by atoms with Gasteiger partial charge in [0.2, 0.25) is 0 Å². The Kier molecular flexibility index (Phi) is 7.70. The number of aromatic carboxylic acids is 1. The molecule has 3 aromatic carbocycles. The van der Waals surface area contributed by atoms with E-state index in [-0.39, 0.29) is 23.9 Å². The number of nitrogens with zero attached hydrogens (tertiary/aromatic N) is 2.